The molecule has 1 fully saturated rings. The lowest BCUT2D eigenvalue weighted by atomic mass is 9.97. The van der Waals surface area contributed by atoms with Gasteiger partial charge in [0.1, 0.15) is 0 Å². The third-order valence-corrected chi connectivity index (χ3v) is 4.24. The number of nitrogens with zero attached hydrogens (tertiary/aromatic N) is 4. The predicted octanol–water partition coefficient (Wildman–Crippen LogP) is 2.28. The summed E-state index contributed by atoms with van der Waals surface area (Å²) < 4.78 is 9.92. The van der Waals surface area contributed by atoms with Crippen LogP contribution in [0.25, 0.3) is 0 Å². The number of amides is 1. The second-order valence-corrected chi connectivity index (χ2v) is 5.89. The van der Waals surface area contributed by atoms with Crippen LogP contribution in [0.5, 0.6) is 0 Å². The lowest BCUT2D eigenvalue weighted by Gasteiger charge is -2.31. The van der Waals surface area contributed by atoms with Gasteiger partial charge in [-0.05, 0) is 31.4 Å². The summed E-state index contributed by atoms with van der Waals surface area (Å²) in [5.74, 6) is 1.35. The van der Waals surface area contributed by atoms with Crippen LogP contribution in [-0.2, 0) is 11.2 Å². The van der Waals surface area contributed by atoms with Crippen LogP contribution in [-0.4, -0.2) is 39.2 Å². The van der Waals surface area contributed by atoms with E-state index in [1.807, 2.05) is 4.90 Å². The summed E-state index contributed by atoms with van der Waals surface area (Å²) in [6, 6.07) is 0. The molecule has 0 saturated carbocycles. The number of piperidine rings is 1. The standard InChI is InChI=1S/C14H17ClN4O3/c1-8-11(13(15)22-17-8)6-12(20)19-5-3-4-10(7-19)14-16-9(2)21-18-14/h10H,3-7H2,1-2H3/t10-/m0/s1. The normalized spacial score (nSPS) is 18.7. The topological polar surface area (TPSA) is 85.3 Å². The van der Waals surface area contributed by atoms with Crippen molar-refractivity contribution in [2.45, 2.75) is 39.0 Å². The van der Waals surface area contributed by atoms with Crippen molar-refractivity contribution in [3.63, 3.8) is 0 Å². The van der Waals surface area contributed by atoms with E-state index in [9.17, 15) is 4.79 Å². The van der Waals surface area contributed by atoms with E-state index in [4.69, 9.17) is 20.6 Å². The van der Waals surface area contributed by atoms with Crippen molar-refractivity contribution < 1.29 is 13.8 Å². The third kappa shape index (κ3) is 2.99. The number of carbonyl (C=O) groups excluding carboxylic acids is 1. The fraction of sp³-hybridized carbons (Fsp3) is 0.571. The maximum Gasteiger partial charge on any atom is 0.229 e. The third-order valence-electron chi connectivity index (χ3n) is 3.95. The molecule has 0 unspecified atom stereocenters. The molecule has 1 aliphatic rings. The highest BCUT2D eigenvalue weighted by molar-refractivity contribution is 6.29. The first kappa shape index (κ1) is 15.0. The number of likely N-dealkylation sites (tertiary alicyclic amines) is 1. The van der Waals surface area contributed by atoms with Crippen LogP contribution in [0.3, 0.4) is 0 Å². The van der Waals surface area contributed by atoms with Crippen LogP contribution in [0.2, 0.25) is 5.22 Å². The van der Waals surface area contributed by atoms with Crippen LogP contribution in [0.15, 0.2) is 9.05 Å². The number of halogens is 1. The zero-order valence-corrected chi connectivity index (χ0v) is 13.3. The van der Waals surface area contributed by atoms with Gasteiger partial charge in [-0.1, -0.05) is 10.3 Å². The maximum atomic E-state index is 12.5. The summed E-state index contributed by atoms with van der Waals surface area (Å²) >= 11 is 5.92. The smallest absolute Gasteiger partial charge is 0.229 e. The number of hydrogen-bond donors (Lipinski definition) is 0. The maximum absolute atomic E-state index is 12.5. The Balaban J connectivity index is 1.68. The molecule has 0 radical (unpaired) electrons. The monoisotopic (exact) mass is 324 g/mol. The fourth-order valence-corrected chi connectivity index (χ4v) is 2.95. The first-order chi connectivity index (χ1) is 10.5. The van der Waals surface area contributed by atoms with E-state index in [1.54, 1.807) is 13.8 Å². The van der Waals surface area contributed by atoms with Gasteiger partial charge >= 0.3 is 0 Å². The highest BCUT2D eigenvalue weighted by Gasteiger charge is 2.28. The van der Waals surface area contributed by atoms with Crippen molar-refractivity contribution in [1.29, 1.82) is 0 Å². The van der Waals surface area contributed by atoms with Crippen LogP contribution >= 0.6 is 11.6 Å². The van der Waals surface area contributed by atoms with Gasteiger partial charge in [-0.15, -0.1) is 0 Å². The highest BCUT2D eigenvalue weighted by atomic mass is 35.5. The van der Waals surface area contributed by atoms with E-state index < -0.39 is 0 Å². The van der Waals surface area contributed by atoms with Crippen LogP contribution in [0, 0.1) is 13.8 Å². The van der Waals surface area contributed by atoms with E-state index in [2.05, 4.69) is 15.3 Å². The first-order valence-corrected chi connectivity index (χ1v) is 7.61. The molecule has 118 valence electrons. The minimum absolute atomic E-state index is 0.0121. The Morgan fingerprint density at radius 2 is 2.18 bits per heavy atom. The Morgan fingerprint density at radius 1 is 1.36 bits per heavy atom. The summed E-state index contributed by atoms with van der Waals surface area (Å²) in [6.07, 6.45) is 2.07. The average molecular weight is 325 g/mol. The molecule has 2 aromatic heterocycles. The molecule has 3 heterocycles. The van der Waals surface area contributed by atoms with Gasteiger partial charge in [0.05, 0.1) is 12.1 Å². The predicted molar refractivity (Wildman–Crippen MR) is 77.5 cm³/mol. The summed E-state index contributed by atoms with van der Waals surface area (Å²) in [4.78, 5) is 18.6. The van der Waals surface area contributed by atoms with Crippen molar-refractivity contribution >= 4 is 17.5 Å². The quantitative estimate of drug-likeness (QED) is 0.861. The SMILES string of the molecule is Cc1nc([C@H]2CCCN(C(=O)Cc3c(C)noc3Cl)C2)no1. The number of carbonyl (C=O) groups is 1. The highest BCUT2D eigenvalue weighted by Crippen LogP contribution is 2.26. The Kier molecular flexibility index (Phi) is 4.15. The van der Waals surface area contributed by atoms with Gasteiger partial charge in [0, 0.05) is 31.5 Å². The molecule has 1 aliphatic heterocycles. The van der Waals surface area contributed by atoms with E-state index in [0.717, 1.165) is 19.4 Å². The van der Waals surface area contributed by atoms with Gasteiger partial charge in [0.2, 0.25) is 17.0 Å². The van der Waals surface area contributed by atoms with E-state index in [-0.39, 0.29) is 23.5 Å². The van der Waals surface area contributed by atoms with Crippen molar-refractivity contribution in [3.05, 3.63) is 28.2 Å². The van der Waals surface area contributed by atoms with Crippen molar-refractivity contribution in [3.8, 4) is 0 Å². The molecule has 22 heavy (non-hydrogen) atoms. The molecular formula is C14H17ClN4O3. The number of aryl methyl sites for hydroxylation is 2. The summed E-state index contributed by atoms with van der Waals surface area (Å²) in [5, 5.41) is 7.92. The molecule has 1 saturated heterocycles. The van der Waals surface area contributed by atoms with E-state index in [0.29, 0.717) is 29.5 Å². The number of rotatable bonds is 3. The Morgan fingerprint density at radius 3 is 2.82 bits per heavy atom. The van der Waals surface area contributed by atoms with Gasteiger partial charge in [0.25, 0.3) is 0 Å². The molecule has 1 atom stereocenters. The summed E-state index contributed by atoms with van der Waals surface area (Å²) in [7, 11) is 0. The van der Waals surface area contributed by atoms with Gasteiger partial charge < -0.3 is 13.9 Å². The van der Waals surface area contributed by atoms with Crippen molar-refractivity contribution in [1.82, 2.24) is 20.2 Å². The molecule has 0 spiro atoms. The zero-order chi connectivity index (χ0) is 15.7. The Bertz CT molecular complexity index is 662. The van der Waals surface area contributed by atoms with Gasteiger partial charge in [-0.3, -0.25) is 4.79 Å². The molecular weight excluding hydrogens is 308 g/mol. The van der Waals surface area contributed by atoms with Gasteiger partial charge in [-0.25, -0.2) is 0 Å². The molecule has 0 bridgehead atoms. The lowest BCUT2D eigenvalue weighted by Crippen LogP contribution is -2.40. The molecule has 2 aromatic rings. The number of hydrogen-bond acceptors (Lipinski definition) is 6. The molecule has 0 aliphatic carbocycles. The van der Waals surface area contributed by atoms with E-state index >= 15 is 0 Å². The van der Waals surface area contributed by atoms with Crippen molar-refractivity contribution in [2.75, 3.05) is 13.1 Å². The minimum atomic E-state index is 0.0121. The molecule has 1 amide bonds. The molecule has 8 heteroatoms. The Labute approximate surface area is 132 Å². The fourth-order valence-electron chi connectivity index (χ4n) is 2.72. The lowest BCUT2D eigenvalue weighted by molar-refractivity contribution is -0.131. The first-order valence-electron chi connectivity index (χ1n) is 7.23. The molecule has 0 aromatic carbocycles. The molecule has 3 rings (SSSR count). The average Bonchev–Trinajstić information content (AvgIpc) is 3.08. The van der Waals surface area contributed by atoms with Crippen LogP contribution < -0.4 is 0 Å². The number of aromatic nitrogens is 3. The molecule has 0 N–H and O–H groups in total. The molecule has 7 nitrogen and oxygen atoms in total. The summed E-state index contributed by atoms with van der Waals surface area (Å²) in [6.45, 7) is 4.87. The minimum Gasteiger partial charge on any atom is -0.344 e. The van der Waals surface area contributed by atoms with Gasteiger partial charge in [0.15, 0.2) is 5.82 Å². The Hall–Kier alpha value is -1.89. The largest absolute Gasteiger partial charge is 0.344 e. The summed E-state index contributed by atoms with van der Waals surface area (Å²) in [5.41, 5.74) is 1.31. The van der Waals surface area contributed by atoms with E-state index in [1.165, 1.54) is 0 Å². The second-order valence-electron chi connectivity index (χ2n) is 5.55. The van der Waals surface area contributed by atoms with Crippen LogP contribution in [0.4, 0.5) is 0 Å². The van der Waals surface area contributed by atoms with Crippen LogP contribution in [0.1, 0.15) is 41.7 Å². The zero-order valence-electron chi connectivity index (χ0n) is 12.5. The second kappa shape index (κ2) is 6.08. The van der Waals surface area contributed by atoms with Crippen molar-refractivity contribution in [2.24, 2.45) is 0 Å². The van der Waals surface area contributed by atoms with Gasteiger partial charge in [-0.2, -0.15) is 4.98 Å².